The van der Waals surface area contributed by atoms with E-state index in [1.54, 1.807) is 15.9 Å². The fraction of sp³-hybridized carbons (Fsp3) is 0.706. The minimum atomic E-state index is -1.21. The molecule has 0 rings (SSSR count). The summed E-state index contributed by atoms with van der Waals surface area (Å²) < 4.78 is 0. The van der Waals surface area contributed by atoms with Crippen molar-refractivity contribution in [2.45, 2.75) is 38.2 Å². The molecule has 0 aromatic carbocycles. The van der Waals surface area contributed by atoms with Crippen LogP contribution in [0.4, 0.5) is 0 Å². The molecule has 1 unspecified atom stereocenters. The first kappa shape index (κ1) is 28.9. The third-order valence-corrected chi connectivity index (χ3v) is 3.82. The molecule has 3 N–H and O–H groups in total. The van der Waals surface area contributed by atoms with Crippen molar-refractivity contribution in [1.82, 2.24) is 9.80 Å². The largest absolute Gasteiger partial charge is 1.00 e. The molecule has 10 heteroatoms. The molecule has 150 valence electrons. The number of hydrogen-bond acceptors (Lipinski definition) is 7. The molecule has 0 aliphatic heterocycles. The van der Waals surface area contributed by atoms with Gasteiger partial charge in [-0.3, -0.25) is 14.5 Å². The number of hydrogen-bond donors (Lipinski definition) is 3. The van der Waals surface area contributed by atoms with Crippen molar-refractivity contribution in [1.29, 1.82) is 0 Å². The number of carbonyl (C=O) groups excluding carboxylic acids is 1. The van der Waals surface area contributed by atoms with E-state index in [0.717, 1.165) is 0 Å². The van der Waals surface area contributed by atoms with Crippen molar-refractivity contribution in [3.8, 4) is 0 Å². The summed E-state index contributed by atoms with van der Waals surface area (Å²) >= 11 is 0. The summed E-state index contributed by atoms with van der Waals surface area (Å²) in [4.78, 5) is 35.6. The zero-order valence-electron chi connectivity index (χ0n) is 16.0. The van der Waals surface area contributed by atoms with Gasteiger partial charge in [0.05, 0.1) is 18.9 Å². The molecule has 0 aromatic rings. The van der Waals surface area contributed by atoms with Crippen LogP contribution in [-0.2, 0) is 14.4 Å². The number of nitrogens with zero attached hydrogens (tertiary/aromatic N) is 2. The Bertz CT molecular complexity index is 445. The van der Waals surface area contributed by atoms with E-state index in [4.69, 9.17) is 10.2 Å². The Kier molecular flexibility index (Phi) is 19.0. The van der Waals surface area contributed by atoms with Gasteiger partial charge in [-0.2, -0.15) is 0 Å². The number of carbonyl (C=O) groups is 3. The zero-order valence-corrected chi connectivity index (χ0v) is 19.1. The van der Waals surface area contributed by atoms with E-state index in [1.165, 1.54) is 0 Å². The number of aliphatic hydroxyl groups excluding tert-OH is 1. The van der Waals surface area contributed by atoms with Crippen molar-refractivity contribution < 1.29 is 86.2 Å². The Balaban J connectivity index is 0. The fourth-order valence-electron chi connectivity index (χ4n) is 2.37. The summed E-state index contributed by atoms with van der Waals surface area (Å²) in [6.07, 6.45) is 1.81. The summed E-state index contributed by atoms with van der Waals surface area (Å²) in [5, 5.41) is 38.3. The number of carboxylic acid groups (broad SMARTS) is 3. The molecular formula is C17H29KN2O7. The van der Waals surface area contributed by atoms with Crippen LogP contribution < -0.4 is 56.5 Å². The predicted octanol–water partition coefficient (Wildman–Crippen LogP) is -3.99. The molecule has 0 aliphatic rings. The maximum absolute atomic E-state index is 10.8. The van der Waals surface area contributed by atoms with Gasteiger partial charge in [0.25, 0.3) is 0 Å². The van der Waals surface area contributed by atoms with E-state index < -0.39 is 24.0 Å². The Morgan fingerprint density at radius 2 is 1.41 bits per heavy atom. The third kappa shape index (κ3) is 18.8. The number of aliphatic hydroxyl groups is 1. The van der Waals surface area contributed by atoms with E-state index in [2.05, 4.69) is 6.58 Å². The van der Waals surface area contributed by atoms with Gasteiger partial charge in [0.15, 0.2) is 0 Å². The van der Waals surface area contributed by atoms with Crippen molar-refractivity contribution >= 4 is 17.9 Å². The summed E-state index contributed by atoms with van der Waals surface area (Å²) in [7, 11) is 0. The molecule has 0 amide bonds. The van der Waals surface area contributed by atoms with Gasteiger partial charge < -0.3 is 30.1 Å². The molecule has 0 saturated carbocycles. The number of carboxylic acids is 3. The molecule has 0 bridgehead atoms. The summed E-state index contributed by atoms with van der Waals surface area (Å²) in [6, 6.07) is 0. The Morgan fingerprint density at radius 3 is 1.89 bits per heavy atom. The number of allylic oxidation sites excluding steroid dienone is 1. The summed E-state index contributed by atoms with van der Waals surface area (Å²) in [5.74, 6) is -3.14. The van der Waals surface area contributed by atoms with Crippen molar-refractivity contribution in [3.63, 3.8) is 0 Å². The molecular weight excluding hydrogens is 383 g/mol. The van der Waals surface area contributed by atoms with Gasteiger partial charge in [0, 0.05) is 45.2 Å². The smallest absolute Gasteiger partial charge is 0.550 e. The van der Waals surface area contributed by atoms with E-state index >= 15 is 0 Å². The Morgan fingerprint density at radius 1 is 0.926 bits per heavy atom. The second-order valence-corrected chi connectivity index (χ2v) is 6.07. The number of rotatable bonds is 17. The SMILES string of the molecule is C=CCCC(O)CN(CCC(=O)O)CCN(CCC(=O)[O-])CCC(=O)O.[K+]. The van der Waals surface area contributed by atoms with Crippen LogP contribution in [0, 0.1) is 0 Å². The summed E-state index contributed by atoms with van der Waals surface area (Å²) in [5.41, 5.74) is 0. The maximum Gasteiger partial charge on any atom is 1.00 e. The molecule has 1 atom stereocenters. The average Bonchev–Trinajstić information content (AvgIpc) is 2.56. The third-order valence-electron chi connectivity index (χ3n) is 3.82. The van der Waals surface area contributed by atoms with Crippen LogP contribution in [0.25, 0.3) is 0 Å². The molecule has 0 aromatic heterocycles. The summed E-state index contributed by atoms with van der Waals surface area (Å²) in [6.45, 7) is 5.23. The van der Waals surface area contributed by atoms with Crippen LogP contribution in [0.1, 0.15) is 32.1 Å². The molecule has 0 saturated heterocycles. The van der Waals surface area contributed by atoms with Gasteiger partial charge in [0.1, 0.15) is 0 Å². The van der Waals surface area contributed by atoms with Crippen molar-refractivity contribution in [2.24, 2.45) is 0 Å². The second-order valence-electron chi connectivity index (χ2n) is 6.07. The molecule has 0 heterocycles. The predicted molar refractivity (Wildman–Crippen MR) is 92.4 cm³/mol. The van der Waals surface area contributed by atoms with Gasteiger partial charge in [0.2, 0.25) is 0 Å². The second kappa shape index (κ2) is 17.7. The fourth-order valence-corrected chi connectivity index (χ4v) is 2.37. The molecule has 0 radical (unpaired) electrons. The number of aliphatic carboxylic acids is 3. The van der Waals surface area contributed by atoms with Crippen LogP contribution in [0.15, 0.2) is 12.7 Å². The van der Waals surface area contributed by atoms with Gasteiger partial charge in [-0.25, -0.2) is 0 Å². The zero-order chi connectivity index (χ0) is 19.9. The van der Waals surface area contributed by atoms with Crippen LogP contribution in [-0.4, -0.2) is 88.4 Å². The van der Waals surface area contributed by atoms with Gasteiger partial charge in [-0.15, -0.1) is 6.58 Å². The van der Waals surface area contributed by atoms with Gasteiger partial charge in [-0.05, 0) is 19.3 Å². The van der Waals surface area contributed by atoms with Crippen LogP contribution in [0.5, 0.6) is 0 Å². The van der Waals surface area contributed by atoms with E-state index in [0.29, 0.717) is 25.9 Å². The van der Waals surface area contributed by atoms with E-state index in [9.17, 15) is 24.6 Å². The van der Waals surface area contributed by atoms with Crippen LogP contribution >= 0.6 is 0 Å². The topological polar surface area (TPSA) is 141 Å². The standard InChI is InChI=1S/C17H30N2O7.K/c1-2-3-4-14(20)13-19(10-7-17(25)26)12-11-18(8-5-15(21)22)9-6-16(23)24;/h2,14,20H,1,3-13H2,(H,21,22)(H,23,24)(H,25,26);/q;+1/p-1. The van der Waals surface area contributed by atoms with Crippen molar-refractivity contribution in [2.75, 3.05) is 39.3 Å². The van der Waals surface area contributed by atoms with Crippen LogP contribution in [0.2, 0.25) is 0 Å². The van der Waals surface area contributed by atoms with Crippen molar-refractivity contribution in [3.05, 3.63) is 12.7 Å². The average molecular weight is 413 g/mol. The molecule has 0 fully saturated rings. The van der Waals surface area contributed by atoms with Gasteiger partial charge in [-0.1, -0.05) is 6.08 Å². The Hall–Kier alpha value is -0.334. The molecule has 0 spiro atoms. The monoisotopic (exact) mass is 412 g/mol. The first-order valence-corrected chi connectivity index (χ1v) is 8.61. The maximum atomic E-state index is 10.8. The quantitative estimate of drug-likeness (QED) is 0.161. The normalized spacial score (nSPS) is 11.8. The first-order chi connectivity index (χ1) is 12.2. The molecule has 27 heavy (non-hydrogen) atoms. The van der Waals surface area contributed by atoms with Gasteiger partial charge >= 0.3 is 63.3 Å². The minimum Gasteiger partial charge on any atom is -0.550 e. The first-order valence-electron chi connectivity index (χ1n) is 8.61. The minimum absolute atomic E-state index is 0. The van der Waals surface area contributed by atoms with Crippen LogP contribution in [0.3, 0.4) is 0 Å². The molecule has 0 aliphatic carbocycles. The molecule has 9 nitrogen and oxygen atoms in total. The Labute approximate surface area is 202 Å². The van der Waals surface area contributed by atoms with E-state index in [1.807, 2.05) is 0 Å². The van der Waals surface area contributed by atoms with E-state index in [-0.39, 0.29) is 96.8 Å².